The number of hydrogen-bond acceptors (Lipinski definition) is 2. The third kappa shape index (κ3) is 19.5. The molecule has 0 aromatic carbocycles. The van der Waals surface area contributed by atoms with Gasteiger partial charge in [0.2, 0.25) is 0 Å². The second-order valence-electron chi connectivity index (χ2n) is 4.09. The molecule has 1 N–H and O–H groups in total. The molecule has 0 atom stereocenters. The zero-order valence-corrected chi connectivity index (χ0v) is 11.6. The third-order valence-corrected chi connectivity index (χ3v) is 2.53. The van der Waals surface area contributed by atoms with Gasteiger partial charge in [0.05, 0.1) is 0 Å². The molecule has 2 heteroatoms. The van der Waals surface area contributed by atoms with Crippen LogP contribution in [-0.2, 0) is 4.74 Å². The molecule has 0 saturated carbocycles. The molecule has 0 bridgehead atoms. The largest absolute Gasteiger partial charge is 0.400 e. The first kappa shape index (κ1) is 18.3. The van der Waals surface area contributed by atoms with Gasteiger partial charge in [-0.3, -0.25) is 0 Å². The van der Waals surface area contributed by atoms with E-state index in [0.29, 0.717) is 0 Å². The lowest BCUT2D eigenvalue weighted by molar-refractivity contribution is 0.198. The molecule has 1 aliphatic heterocycles. The van der Waals surface area contributed by atoms with Crippen molar-refractivity contribution in [1.82, 2.24) is 0 Å². The minimum atomic E-state index is 1.00. The van der Waals surface area contributed by atoms with E-state index in [0.717, 1.165) is 20.3 Å². The van der Waals surface area contributed by atoms with Crippen LogP contribution in [0.3, 0.4) is 0 Å². The van der Waals surface area contributed by atoms with E-state index < -0.39 is 0 Å². The average Bonchev–Trinajstić information content (AvgIpc) is 2.90. The Balaban J connectivity index is 0. The Labute approximate surface area is 102 Å². The highest BCUT2D eigenvalue weighted by Crippen LogP contribution is 2.05. The van der Waals surface area contributed by atoms with Gasteiger partial charge in [0.15, 0.2) is 0 Å². The number of ether oxygens (including phenoxy) is 1. The van der Waals surface area contributed by atoms with Crippen LogP contribution in [0.25, 0.3) is 0 Å². The van der Waals surface area contributed by atoms with Crippen molar-refractivity contribution in [3.8, 4) is 0 Å². The lowest BCUT2D eigenvalue weighted by atomic mass is 10.1. The van der Waals surface area contributed by atoms with E-state index in [1.54, 1.807) is 0 Å². The van der Waals surface area contributed by atoms with Gasteiger partial charge in [-0.15, -0.1) is 0 Å². The summed E-state index contributed by atoms with van der Waals surface area (Å²) in [6.07, 6.45) is 12.5. The standard InChI is InChI=1S/C9H20.C4H8O.CH4O/c1-3-5-7-9-8-6-4-2;1-2-4-5-3-1;1-2/h3-9H2,1-2H3;1-4H2;2H,1H3. The van der Waals surface area contributed by atoms with E-state index in [4.69, 9.17) is 9.84 Å². The van der Waals surface area contributed by atoms with Crippen molar-refractivity contribution in [2.75, 3.05) is 20.3 Å². The molecule has 1 heterocycles. The molecule has 16 heavy (non-hydrogen) atoms. The maximum absolute atomic E-state index is 7.00. The van der Waals surface area contributed by atoms with Gasteiger partial charge in [0.1, 0.15) is 0 Å². The van der Waals surface area contributed by atoms with Crippen LogP contribution >= 0.6 is 0 Å². The third-order valence-electron chi connectivity index (χ3n) is 2.53. The van der Waals surface area contributed by atoms with Crippen LogP contribution in [0.4, 0.5) is 0 Å². The topological polar surface area (TPSA) is 29.5 Å². The van der Waals surface area contributed by atoms with Crippen LogP contribution in [0.15, 0.2) is 0 Å². The van der Waals surface area contributed by atoms with Gasteiger partial charge in [-0.2, -0.15) is 0 Å². The van der Waals surface area contributed by atoms with E-state index in [9.17, 15) is 0 Å². The normalized spacial score (nSPS) is 13.5. The van der Waals surface area contributed by atoms with Crippen molar-refractivity contribution in [1.29, 1.82) is 0 Å². The summed E-state index contributed by atoms with van der Waals surface area (Å²) in [7, 11) is 1.00. The van der Waals surface area contributed by atoms with Crippen molar-refractivity contribution >= 4 is 0 Å². The molecule has 2 nitrogen and oxygen atoms in total. The first-order valence-corrected chi connectivity index (χ1v) is 6.94. The quantitative estimate of drug-likeness (QED) is 0.697. The fourth-order valence-corrected chi connectivity index (χ4v) is 1.54. The van der Waals surface area contributed by atoms with Crippen LogP contribution in [0.1, 0.15) is 71.6 Å². The Bertz CT molecular complexity index is 77.1. The highest BCUT2D eigenvalue weighted by atomic mass is 16.5. The lowest BCUT2D eigenvalue weighted by Crippen LogP contribution is -1.76. The molecule has 0 amide bonds. The van der Waals surface area contributed by atoms with Crippen LogP contribution in [0.5, 0.6) is 0 Å². The summed E-state index contributed by atoms with van der Waals surface area (Å²) >= 11 is 0. The summed E-state index contributed by atoms with van der Waals surface area (Å²) < 4.78 is 4.94. The van der Waals surface area contributed by atoms with Gasteiger partial charge in [-0.1, -0.05) is 58.8 Å². The highest BCUT2D eigenvalue weighted by Gasteiger charge is 1.94. The summed E-state index contributed by atoms with van der Waals surface area (Å²) in [5, 5.41) is 7.00. The summed E-state index contributed by atoms with van der Waals surface area (Å²) in [4.78, 5) is 0. The predicted octanol–water partition coefficient (Wildman–Crippen LogP) is 4.16. The average molecular weight is 232 g/mol. The molecule has 1 aliphatic rings. The number of unbranched alkanes of at least 4 members (excludes halogenated alkanes) is 6. The smallest absolute Gasteiger partial charge is 0.0466 e. The molecule has 0 spiro atoms. The molecule has 0 aromatic heterocycles. The molecule has 1 fully saturated rings. The van der Waals surface area contributed by atoms with Crippen molar-refractivity contribution in [2.24, 2.45) is 0 Å². The van der Waals surface area contributed by atoms with E-state index in [-0.39, 0.29) is 0 Å². The van der Waals surface area contributed by atoms with Gasteiger partial charge in [0, 0.05) is 20.3 Å². The molecule has 0 unspecified atom stereocenters. The number of hydrogen-bond donors (Lipinski definition) is 1. The second-order valence-corrected chi connectivity index (χ2v) is 4.09. The summed E-state index contributed by atoms with van der Waals surface area (Å²) in [5.74, 6) is 0. The first-order chi connectivity index (χ1) is 7.91. The van der Waals surface area contributed by atoms with Crippen molar-refractivity contribution in [2.45, 2.75) is 71.6 Å². The minimum Gasteiger partial charge on any atom is -0.400 e. The molecule has 0 radical (unpaired) electrons. The number of rotatable bonds is 6. The van der Waals surface area contributed by atoms with Crippen molar-refractivity contribution < 1.29 is 9.84 Å². The maximum atomic E-state index is 7.00. The van der Waals surface area contributed by atoms with E-state index in [1.165, 1.54) is 57.8 Å². The fourth-order valence-electron chi connectivity index (χ4n) is 1.54. The van der Waals surface area contributed by atoms with Crippen LogP contribution < -0.4 is 0 Å². The summed E-state index contributed by atoms with van der Waals surface area (Å²) in [5.41, 5.74) is 0. The summed E-state index contributed by atoms with van der Waals surface area (Å²) in [6, 6.07) is 0. The number of aliphatic hydroxyl groups excluding tert-OH is 1. The van der Waals surface area contributed by atoms with Crippen molar-refractivity contribution in [3.05, 3.63) is 0 Å². The Morgan fingerprint density at radius 3 is 1.38 bits per heavy atom. The highest BCUT2D eigenvalue weighted by molar-refractivity contribution is 4.43. The van der Waals surface area contributed by atoms with Gasteiger partial charge >= 0.3 is 0 Å². The molecular weight excluding hydrogens is 200 g/mol. The van der Waals surface area contributed by atoms with E-state index in [1.807, 2.05) is 0 Å². The Kier molecular flexibility index (Phi) is 23.3. The van der Waals surface area contributed by atoms with Gasteiger partial charge < -0.3 is 9.84 Å². The second kappa shape index (κ2) is 20.3. The predicted molar refractivity (Wildman–Crippen MR) is 71.9 cm³/mol. The van der Waals surface area contributed by atoms with Gasteiger partial charge in [-0.05, 0) is 12.8 Å². The molecule has 1 rings (SSSR count). The maximum Gasteiger partial charge on any atom is 0.0466 e. The monoisotopic (exact) mass is 232 g/mol. The number of aliphatic hydroxyl groups is 1. The minimum absolute atomic E-state index is 1.00. The molecule has 1 saturated heterocycles. The SMILES string of the molecule is C1CCOC1.CCCCCCCCC.CO. The van der Waals surface area contributed by atoms with Crippen molar-refractivity contribution in [3.63, 3.8) is 0 Å². The molecular formula is C14H32O2. The van der Waals surface area contributed by atoms with Crippen LogP contribution in [0.2, 0.25) is 0 Å². The van der Waals surface area contributed by atoms with Gasteiger partial charge in [-0.25, -0.2) is 0 Å². The zero-order valence-electron chi connectivity index (χ0n) is 11.6. The fraction of sp³-hybridized carbons (Fsp3) is 1.00. The van der Waals surface area contributed by atoms with Crippen LogP contribution in [0, 0.1) is 0 Å². The van der Waals surface area contributed by atoms with Gasteiger partial charge in [0.25, 0.3) is 0 Å². The lowest BCUT2D eigenvalue weighted by Gasteiger charge is -1.96. The Morgan fingerprint density at radius 1 is 0.750 bits per heavy atom. The van der Waals surface area contributed by atoms with E-state index >= 15 is 0 Å². The Morgan fingerprint density at radius 2 is 1.12 bits per heavy atom. The Hall–Kier alpha value is -0.0800. The molecule has 100 valence electrons. The molecule has 0 aromatic rings. The molecule has 0 aliphatic carbocycles. The summed E-state index contributed by atoms with van der Waals surface area (Å²) in [6.45, 7) is 6.53. The van der Waals surface area contributed by atoms with Crippen LogP contribution in [-0.4, -0.2) is 25.4 Å². The van der Waals surface area contributed by atoms with E-state index in [2.05, 4.69) is 13.8 Å². The zero-order chi connectivity index (χ0) is 12.5. The first-order valence-electron chi connectivity index (χ1n) is 6.94.